The molecule has 0 spiro atoms. The van der Waals surface area contributed by atoms with Crippen molar-refractivity contribution in [2.24, 2.45) is 0 Å². The van der Waals surface area contributed by atoms with Crippen LogP contribution in [0.25, 0.3) is 21.1 Å². The molecule has 1 unspecified atom stereocenters. The standard InChI is InChI=1S/2C16H19N3OS/c2*20-14-10-17-9-13-15(14)21-16(18-13)11-3-5-12(6-4-11)19-7-1-2-8-19/h2*3-6,14,17,20H,1-2,7-10H2/t14-;/m0./s1. The molecule has 4 aliphatic heterocycles. The average molecular weight is 603 g/mol. The fourth-order valence-electron chi connectivity index (χ4n) is 6.17. The first-order valence-corrected chi connectivity index (χ1v) is 16.7. The molecule has 2 atom stereocenters. The van der Waals surface area contributed by atoms with Crippen molar-refractivity contribution < 1.29 is 10.2 Å². The van der Waals surface area contributed by atoms with Crippen molar-refractivity contribution in [2.75, 3.05) is 49.1 Å². The highest BCUT2D eigenvalue weighted by Gasteiger charge is 2.24. The van der Waals surface area contributed by atoms with Gasteiger partial charge in [0, 0.05) is 74.9 Å². The number of nitrogens with zero attached hydrogens (tertiary/aromatic N) is 4. The van der Waals surface area contributed by atoms with Gasteiger partial charge in [0.2, 0.25) is 0 Å². The van der Waals surface area contributed by atoms with Gasteiger partial charge in [-0.3, -0.25) is 0 Å². The van der Waals surface area contributed by atoms with Crippen molar-refractivity contribution in [3.8, 4) is 21.1 Å². The lowest BCUT2D eigenvalue weighted by Gasteiger charge is -2.17. The van der Waals surface area contributed by atoms with Crippen LogP contribution < -0.4 is 20.4 Å². The van der Waals surface area contributed by atoms with Gasteiger partial charge in [0.1, 0.15) is 22.2 Å². The monoisotopic (exact) mass is 602 g/mol. The largest absolute Gasteiger partial charge is 0.386 e. The third kappa shape index (κ3) is 5.84. The van der Waals surface area contributed by atoms with Crippen LogP contribution in [0.1, 0.15) is 59.0 Å². The molecule has 0 amide bonds. The third-order valence-electron chi connectivity index (χ3n) is 8.49. The van der Waals surface area contributed by atoms with Gasteiger partial charge in [-0.2, -0.15) is 0 Å². The minimum absolute atomic E-state index is 0.413. The Labute approximate surface area is 255 Å². The Kier molecular flexibility index (Phi) is 8.25. The summed E-state index contributed by atoms with van der Waals surface area (Å²) < 4.78 is 0. The van der Waals surface area contributed by atoms with E-state index in [0.717, 1.165) is 55.4 Å². The Morgan fingerprint density at radius 2 is 0.976 bits per heavy atom. The third-order valence-corrected chi connectivity index (χ3v) is 11.0. The summed E-state index contributed by atoms with van der Waals surface area (Å²) in [7, 11) is 0. The molecule has 0 radical (unpaired) electrons. The summed E-state index contributed by atoms with van der Waals surface area (Å²) in [5.41, 5.74) is 6.89. The normalized spacial score (nSPS) is 21.6. The first-order chi connectivity index (χ1) is 20.6. The minimum atomic E-state index is -0.413. The van der Waals surface area contributed by atoms with E-state index in [9.17, 15) is 10.2 Å². The van der Waals surface area contributed by atoms with E-state index in [-0.39, 0.29) is 0 Å². The van der Waals surface area contributed by atoms with Crippen LogP contribution in [0.3, 0.4) is 0 Å². The van der Waals surface area contributed by atoms with Gasteiger partial charge in [-0.15, -0.1) is 22.7 Å². The fraction of sp³-hybridized carbons (Fsp3) is 0.438. The first kappa shape index (κ1) is 27.9. The van der Waals surface area contributed by atoms with E-state index in [4.69, 9.17) is 0 Å². The molecule has 2 aromatic carbocycles. The van der Waals surface area contributed by atoms with Crippen LogP contribution in [0.15, 0.2) is 48.5 Å². The maximum atomic E-state index is 10.0. The summed E-state index contributed by atoms with van der Waals surface area (Å²) >= 11 is 3.24. The maximum Gasteiger partial charge on any atom is 0.124 e. The number of anilines is 2. The number of aromatic nitrogens is 2. The average Bonchev–Trinajstić information content (AvgIpc) is 3.85. The van der Waals surface area contributed by atoms with Gasteiger partial charge in [-0.25, -0.2) is 9.97 Å². The van der Waals surface area contributed by atoms with Crippen LogP contribution in [0, 0.1) is 0 Å². The molecule has 8 rings (SSSR count). The van der Waals surface area contributed by atoms with E-state index in [1.807, 2.05) is 0 Å². The Morgan fingerprint density at radius 1 is 0.595 bits per heavy atom. The predicted octanol–water partition coefficient (Wildman–Crippen LogP) is 5.09. The van der Waals surface area contributed by atoms with Gasteiger partial charge in [-0.05, 0) is 74.2 Å². The van der Waals surface area contributed by atoms with E-state index in [0.29, 0.717) is 13.1 Å². The van der Waals surface area contributed by atoms with Crippen molar-refractivity contribution in [3.63, 3.8) is 0 Å². The van der Waals surface area contributed by atoms with Crippen LogP contribution in [-0.2, 0) is 13.1 Å². The molecule has 6 heterocycles. The lowest BCUT2D eigenvalue weighted by molar-refractivity contribution is 0.168. The van der Waals surface area contributed by atoms with Crippen molar-refractivity contribution in [2.45, 2.75) is 51.0 Å². The molecule has 220 valence electrons. The number of hydrogen-bond acceptors (Lipinski definition) is 10. The second-order valence-electron chi connectivity index (χ2n) is 11.4. The number of thiazole rings is 2. The SMILES string of the molecule is OC1CNCc2nc(-c3ccc(N4CCCC4)cc3)sc21.O[C@H]1CNCc2nc(-c3ccc(N4CCCC4)cc3)sc21. The minimum Gasteiger partial charge on any atom is -0.386 e. The number of β-amino-alcohol motifs (C(OH)–C–C–N with tert-alkyl or cyclic N) is 2. The Morgan fingerprint density at radius 3 is 1.33 bits per heavy atom. The smallest absolute Gasteiger partial charge is 0.124 e. The van der Waals surface area contributed by atoms with Crippen LogP contribution in [0.2, 0.25) is 0 Å². The molecule has 4 N–H and O–H groups in total. The summed E-state index contributed by atoms with van der Waals surface area (Å²) in [6.07, 6.45) is 4.36. The van der Waals surface area contributed by atoms with Gasteiger partial charge in [-0.1, -0.05) is 0 Å². The summed E-state index contributed by atoms with van der Waals surface area (Å²) in [5, 5.41) is 28.4. The van der Waals surface area contributed by atoms with Crippen LogP contribution >= 0.6 is 22.7 Å². The summed E-state index contributed by atoms with van der Waals surface area (Å²) in [4.78, 5) is 16.3. The molecular weight excluding hydrogens is 565 g/mol. The van der Waals surface area contributed by atoms with Gasteiger partial charge >= 0.3 is 0 Å². The second-order valence-corrected chi connectivity index (χ2v) is 13.5. The van der Waals surface area contributed by atoms with Crippen molar-refractivity contribution in [1.82, 2.24) is 20.6 Å². The van der Waals surface area contributed by atoms with Crippen molar-refractivity contribution in [1.29, 1.82) is 0 Å². The lowest BCUT2D eigenvalue weighted by Crippen LogP contribution is -2.26. The molecule has 2 aromatic heterocycles. The molecule has 42 heavy (non-hydrogen) atoms. The molecule has 2 fully saturated rings. The number of hydrogen-bond donors (Lipinski definition) is 4. The predicted molar refractivity (Wildman–Crippen MR) is 171 cm³/mol. The molecule has 0 bridgehead atoms. The molecule has 8 nitrogen and oxygen atoms in total. The van der Waals surface area contributed by atoms with Crippen molar-refractivity contribution >= 4 is 34.0 Å². The Hall–Kier alpha value is -2.86. The summed E-state index contributed by atoms with van der Waals surface area (Å²) in [6.45, 7) is 7.45. The topological polar surface area (TPSA) is 96.8 Å². The second kappa shape index (κ2) is 12.4. The molecule has 0 saturated carbocycles. The number of fused-ring (bicyclic) bond motifs is 2. The molecule has 0 aliphatic carbocycles. The number of rotatable bonds is 4. The van der Waals surface area contributed by atoms with Gasteiger partial charge in [0.25, 0.3) is 0 Å². The maximum absolute atomic E-state index is 10.0. The lowest BCUT2D eigenvalue weighted by atomic mass is 10.2. The molecular formula is C32H38N6O2S2. The number of nitrogens with one attached hydrogen (secondary N) is 2. The highest BCUT2D eigenvalue weighted by Crippen LogP contribution is 2.36. The zero-order chi connectivity index (χ0) is 28.5. The van der Waals surface area contributed by atoms with E-state index < -0.39 is 12.2 Å². The molecule has 2 saturated heterocycles. The van der Waals surface area contributed by atoms with Crippen LogP contribution in [0.4, 0.5) is 11.4 Å². The van der Waals surface area contributed by atoms with E-state index in [1.54, 1.807) is 22.7 Å². The van der Waals surface area contributed by atoms with Crippen LogP contribution in [0.5, 0.6) is 0 Å². The highest BCUT2D eigenvalue weighted by atomic mass is 32.1. The quantitative estimate of drug-likeness (QED) is 0.257. The highest BCUT2D eigenvalue weighted by molar-refractivity contribution is 7.15. The first-order valence-electron chi connectivity index (χ1n) is 15.1. The van der Waals surface area contributed by atoms with E-state index in [2.05, 4.69) is 78.9 Å². The number of aliphatic hydroxyl groups is 2. The summed E-state index contributed by atoms with van der Waals surface area (Å²) in [6, 6.07) is 17.4. The summed E-state index contributed by atoms with van der Waals surface area (Å²) in [5.74, 6) is 0. The van der Waals surface area contributed by atoms with E-state index >= 15 is 0 Å². The van der Waals surface area contributed by atoms with Gasteiger partial charge in [0.05, 0.1) is 21.1 Å². The Bertz CT molecular complexity index is 1380. The fourth-order valence-corrected chi connectivity index (χ4v) is 8.31. The molecule has 4 aliphatic rings. The molecule has 4 aromatic rings. The van der Waals surface area contributed by atoms with E-state index in [1.165, 1.54) is 63.2 Å². The number of aliphatic hydroxyl groups excluding tert-OH is 2. The number of benzene rings is 2. The van der Waals surface area contributed by atoms with Crippen LogP contribution in [-0.4, -0.2) is 59.4 Å². The zero-order valence-corrected chi connectivity index (χ0v) is 25.4. The van der Waals surface area contributed by atoms with Gasteiger partial charge < -0.3 is 30.6 Å². The molecule has 10 heteroatoms. The zero-order valence-electron chi connectivity index (χ0n) is 23.8. The van der Waals surface area contributed by atoms with Crippen molar-refractivity contribution in [3.05, 3.63) is 69.7 Å². The Balaban J connectivity index is 0.000000137. The van der Waals surface area contributed by atoms with Gasteiger partial charge in [0.15, 0.2) is 0 Å².